The SMILES string of the molecule is CCOc1ccc([C@@H](C)NC(=O)CCCN2CCCCC2)cc1F. The van der Waals surface area contributed by atoms with Crippen LogP contribution in [0, 0.1) is 5.82 Å². The van der Waals surface area contributed by atoms with Gasteiger partial charge in [0.15, 0.2) is 11.6 Å². The van der Waals surface area contributed by atoms with E-state index in [0.29, 0.717) is 13.0 Å². The quantitative estimate of drug-likeness (QED) is 0.787. The predicted molar refractivity (Wildman–Crippen MR) is 93.7 cm³/mol. The maximum absolute atomic E-state index is 13.9. The lowest BCUT2D eigenvalue weighted by Gasteiger charge is -2.26. The number of nitrogens with zero attached hydrogens (tertiary/aromatic N) is 1. The third-order valence-corrected chi connectivity index (χ3v) is 4.46. The van der Waals surface area contributed by atoms with Crippen LogP contribution >= 0.6 is 0 Å². The van der Waals surface area contributed by atoms with Crippen molar-refractivity contribution in [2.45, 2.75) is 52.0 Å². The molecule has 24 heavy (non-hydrogen) atoms. The van der Waals surface area contributed by atoms with Gasteiger partial charge in [-0.1, -0.05) is 12.5 Å². The van der Waals surface area contributed by atoms with E-state index < -0.39 is 0 Å². The molecule has 1 aliphatic rings. The Kier molecular flexibility index (Phi) is 7.50. The zero-order valence-electron chi connectivity index (χ0n) is 14.8. The summed E-state index contributed by atoms with van der Waals surface area (Å²) in [4.78, 5) is 14.5. The fraction of sp³-hybridized carbons (Fsp3) is 0.632. The van der Waals surface area contributed by atoms with Crippen LogP contribution in [0.3, 0.4) is 0 Å². The maximum Gasteiger partial charge on any atom is 0.220 e. The van der Waals surface area contributed by atoms with Gasteiger partial charge in [-0.25, -0.2) is 4.39 Å². The van der Waals surface area contributed by atoms with Gasteiger partial charge in [0.25, 0.3) is 0 Å². The van der Waals surface area contributed by atoms with Crippen LogP contribution in [0.4, 0.5) is 4.39 Å². The first-order valence-electron chi connectivity index (χ1n) is 9.04. The van der Waals surface area contributed by atoms with E-state index in [1.165, 1.54) is 25.3 Å². The zero-order valence-corrected chi connectivity index (χ0v) is 14.8. The maximum atomic E-state index is 13.9. The highest BCUT2D eigenvalue weighted by molar-refractivity contribution is 5.76. The summed E-state index contributed by atoms with van der Waals surface area (Å²) in [6, 6.07) is 4.64. The van der Waals surface area contributed by atoms with Gasteiger partial charge in [0.2, 0.25) is 5.91 Å². The molecule has 0 spiro atoms. The topological polar surface area (TPSA) is 41.6 Å². The minimum absolute atomic E-state index is 0.0220. The summed E-state index contributed by atoms with van der Waals surface area (Å²) >= 11 is 0. The lowest BCUT2D eigenvalue weighted by Crippen LogP contribution is -2.32. The van der Waals surface area contributed by atoms with Crippen LogP contribution in [-0.2, 0) is 4.79 Å². The number of amides is 1. The van der Waals surface area contributed by atoms with Gasteiger partial charge in [0.05, 0.1) is 12.6 Å². The number of ether oxygens (including phenoxy) is 1. The molecule has 2 rings (SSSR count). The number of halogens is 1. The van der Waals surface area contributed by atoms with Gasteiger partial charge in [-0.05, 0) is 70.4 Å². The first kappa shape index (κ1) is 18.7. The van der Waals surface area contributed by atoms with E-state index >= 15 is 0 Å². The molecule has 1 aromatic rings. The third kappa shape index (κ3) is 5.78. The molecule has 4 nitrogen and oxygen atoms in total. The Balaban J connectivity index is 1.75. The van der Waals surface area contributed by atoms with Crippen molar-refractivity contribution in [3.8, 4) is 5.75 Å². The third-order valence-electron chi connectivity index (χ3n) is 4.46. The Hall–Kier alpha value is -1.62. The first-order chi connectivity index (χ1) is 11.6. The van der Waals surface area contributed by atoms with Crippen molar-refractivity contribution in [2.75, 3.05) is 26.2 Å². The molecule has 1 atom stereocenters. The molecule has 1 saturated heterocycles. The number of carbonyl (C=O) groups is 1. The van der Waals surface area contributed by atoms with Crippen molar-refractivity contribution in [3.63, 3.8) is 0 Å². The van der Waals surface area contributed by atoms with E-state index in [1.54, 1.807) is 12.1 Å². The van der Waals surface area contributed by atoms with Gasteiger partial charge in [0.1, 0.15) is 0 Å². The van der Waals surface area contributed by atoms with Gasteiger partial charge < -0.3 is 15.0 Å². The second-order valence-electron chi connectivity index (χ2n) is 6.42. The fourth-order valence-corrected chi connectivity index (χ4v) is 3.10. The van der Waals surface area contributed by atoms with Gasteiger partial charge in [-0.2, -0.15) is 0 Å². The Morgan fingerprint density at radius 2 is 2.08 bits per heavy atom. The Morgan fingerprint density at radius 3 is 2.75 bits per heavy atom. The van der Waals surface area contributed by atoms with Gasteiger partial charge in [0, 0.05) is 6.42 Å². The highest BCUT2D eigenvalue weighted by Crippen LogP contribution is 2.22. The summed E-state index contributed by atoms with van der Waals surface area (Å²) in [6.07, 6.45) is 5.25. The summed E-state index contributed by atoms with van der Waals surface area (Å²) in [5, 5.41) is 2.95. The molecule has 0 aromatic heterocycles. The molecule has 1 fully saturated rings. The average molecular weight is 336 g/mol. The number of hydrogen-bond acceptors (Lipinski definition) is 3. The van der Waals surface area contributed by atoms with E-state index in [4.69, 9.17) is 4.74 Å². The molecule has 1 amide bonds. The monoisotopic (exact) mass is 336 g/mol. The standard InChI is InChI=1S/C19H29FN2O2/c1-3-24-18-10-9-16(14-17(18)20)15(2)21-19(23)8-7-13-22-11-5-4-6-12-22/h9-10,14-15H,3-8,11-13H2,1-2H3,(H,21,23)/t15-/m1/s1. The largest absolute Gasteiger partial charge is 0.491 e. The number of rotatable bonds is 8. The zero-order chi connectivity index (χ0) is 17.4. The van der Waals surface area contributed by atoms with Gasteiger partial charge >= 0.3 is 0 Å². The molecule has 0 aliphatic carbocycles. The molecular formula is C19H29FN2O2. The molecule has 1 aromatic carbocycles. The van der Waals surface area contributed by atoms with E-state index in [9.17, 15) is 9.18 Å². The number of carbonyl (C=O) groups excluding carboxylic acids is 1. The summed E-state index contributed by atoms with van der Waals surface area (Å²) in [5.74, 6) is -0.115. The number of piperidine rings is 1. The van der Waals surface area contributed by atoms with E-state index in [2.05, 4.69) is 10.2 Å². The highest BCUT2D eigenvalue weighted by atomic mass is 19.1. The molecule has 134 valence electrons. The first-order valence-corrected chi connectivity index (χ1v) is 9.04. The molecule has 0 unspecified atom stereocenters. The number of nitrogens with one attached hydrogen (secondary N) is 1. The van der Waals surface area contributed by atoms with E-state index in [0.717, 1.165) is 31.6 Å². The molecular weight excluding hydrogens is 307 g/mol. The number of likely N-dealkylation sites (tertiary alicyclic amines) is 1. The van der Waals surface area contributed by atoms with Crippen molar-refractivity contribution < 1.29 is 13.9 Å². The number of hydrogen-bond donors (Lipinski definition) is 1. The van der Waals surface area contributed by atoms with Crippen LogP contribution in [-0.4, -0.2) is 37.0 Å². The van der Waals surface area contributed by atoms with Crippen molar-refractivity contribution in [2.24, 2.45) is 0 Å². The van der Waals surface area contributed by atoms with Crippen LogP contribution < -0.4 is 10.1 Å². The Bertz CT molecular complexity index is 530. The molecule has 5 heteroatoms. The van der Waals surface area contributed by atoms with Gasteiger partial charge in [-0.15, -0.1) is 0 Å². The minimum Gasteiger partial charge on any atom is -0.491 e. The smallest absolute Gasteiger partial charge is 0.220 e. The lowest BCUT2D eigenvalue weighted by molar-refractivity contribution is -0.121. The minimum atomic E-state index is -0.388. The van der Waals surface area contributed by atoms with Crippen molar-refractivity contribution in [1.82, 2.24) is 10.2 Å². The molecule has 1 N–H and O–H groups in total. The molecule has 0 bridgehead atoms. The van der Waals surface area contributed by atoms with Crippen LogP contribution in [0.2, 0.25) is 0 Å². The summed E-state index contributed by atoms with van der Waals surface area (Å²) < 4.78 is 19.1. The molecule has 1 aliphatic heterocycles. The molecule has 0 radical (unpaired) electrons. The molecule has 1 heterocycles. The normalized spacial score (nSPS) is 16.6. The predicted octanol–water partition coefficient (Wildman–Crippen LogP) is 3.67. The fourth-order valence-electron chi connectivity index (χ4n) is 3.10. The molecule has 0 saturated carbocycles. The van der Waals surface area contributed by atoms with Gasteiger partial charge in [-0.3, -0.25) is 4.79 Å². The van der Waals surface area contributed by atoms with Crippen LogP contribution in [0.1, 0.15) is 57.6 Å². The summed E-state index contributed by atoms with van der Waals surface area (Å²) in [5.41, 5.74) is 0.750. The second-order valence-corrected chi connectivity index (χ2v) is 6.42. The Morgan fingerprint density at radius 1 is 1.33 bits per heavy atom. The van der Waals surface area contributed by atoms with Crippen LogP contribution in [0.15, 0.2) is 18.2 Å². The van der Waals surface area contributed by atoms with Crippen LogP contribution in [0.25, 0.3) is 0 Å². The van der Waals surface area contributed by atoms with E-state index in [-0.39, 0.29) is 23.5 Å². The van der Waals surface area contributed by atoms with E-state index in [1.807, 2.05) is 13.8 Å². The summed E-state index contributed by atoms with van der Waals surface area (Å²) in [6.45, 7) is 7.42. The average Bonchev–Trinajstić information content (AvgIpc) is 2.57. The van der Waals surface area contributed by atoms with Crippen molar-refractivity contribution >= 4 is 5.91 Å². The Labute approximate surface area is 144 Å². The number of benzene rings is 1. The lowest BCUT2D eigenvalue weighted by atomic mass is 10.1. The highest BCUT2D eigenvalue weighted by Gasteiger charge is 2.14. The van der Waals surface area contributed by atoms with Crippen molar-refractivity contribution in [3.05, 3.63) is 29.6 Å². The van der Waals surface area contributed by atoms with Crippen LogP contribution in [0.5, 0.6) is 5.75 Å². The van der Waals surface area contributed by atoms with Crippen molar-refractivity contribution in [1.29, 1.82) is 0 Å². The second kappa shape index (κ2) is 9.62. The summed E-state index contributed by atoms with van der Waals surface area (Å²) in [7, 11) is 0.